The van der Waals surface area contributed by atoms with Crippen LogP contribution in [0.25, 0.3) is 0 Å². The number of carbonyl (C=O) groups excluding carboxylic acids is 1. The zero-order valence-electron chi connectivity index (χ0n) is 9.39. The van der Waals surface area contributed by atoms with Gasteiger partial charge in [-0.15, -0.1) is 0 Å². The first-order valence-corrected chi connectivity index (χ1v) is 6.19. The summed E-state index contributed by atoms with van der Waals surface area (Å²) in [5.74, 6) is -3.50. The smallest absolute Gasteiger partial charge is 0.326 e. The van der Waals surface area contributed by atoms with Crippen molar-refractivity contribution in [2.24, 2.45) is 0 Å². The summed E-state index contributed by atoms with van der Waals surface area (Å²) in [6, 6.07) is 2.98. The molecule has 0 saturated carbocycles. The fourth-order valence-corrected chi connectivity index (χ4v) is 1.85. The maximum atomic E-state index is 11.8. The molecule has 0 saturated heterocycles. The molecule has 0 radical (unpaired) electrons. The van der Waals surface area contributed by atoms with Crippen LogP contribution in [-0.2, 0) is 9.59 Å². The van der Waals surface area contributed by atoms with Crippen LogP contribution in [0.15, 0.2) is 22.7 Å². The van der Waals surface area contributed by atoms with E-state index in [1.54, 1.807) is 6.07 Å². The number of aliphatic carboxylic acids is 2. The first-order chi connectivity index (χ1) is 8.81. The molecule has 0 aliphatic carbocycles. The highest BCUT2D eigenvalue weighted by molar-refractivity contribution is 9.10. The Morgan fingerprint density at radius 2 is 1.95 bits per heavy atom. The van der Waals surface area contributed by atoms with E-state index >= 15 is 0 Å². The van der Waals surface area contributed by atoms with Crippen LogP contribution in [0.4, 0.5) is 0 Å². The van der Waals surface area contributed by atoms with Gasteiger partial charge in [0.15, 0.2) is 0 Å². The van der Waals surface area contributed by atoms with Gasteiger partial charge in [0.05, 0.1) is 17.0 Å². The number of hydrogen-bond donors (Lipinski definition) is 3. The van der Waals surface area contributed by atoms with Gasteiger partial charge in [0.2, 0.25) is 0 Å². The summed E-state index contributed by atoms with van der Waals surface area (Å²) in [5, 5.41) is 19.6. The largest absolute Gasteiger partial charge is 0.481 e. The lowest BCUT2D eigenvalue weighted by Gasteiger charge is -2.13. The molecule has 1 aromatic rings. The summed E-state index contributed by atoms with van der Waals surface area (Å²) < 4.78 is 0.590. The average molecular weight is 351 g/mol. The molecule has 0 fully saturated rings. The van der Waals surface area contributed by atoms with Crippen molar-refractivity contribution in [2.45, 2.75) is 12.5 Å². The van der Waals surface area contributed by atoms with Crippen LogP contribution in [0.2, 0.25) is 5.02 Å². The molecule has 0 aliphatic heterocycles. The third-order valence-corrected chi connectivity index (χ3v) is 2.98. The van der Waals surface area contributed by atoms with Gasteiger partial charge in [-0.25, -0.2) is 4.79 Å². The van der Waals surface area contributed by atoms with Crippen LogP contribution in [0.3, 0.4) is 0 Å². The molecule has 102 valence electrons. The molecular weight excluding hydrogens is 341 g/mol. The molecule has 0 bridgehead atoms. The quantitative estimate of drug-likeness (QED) is 0.751. The van der Waals surface area contributed by atoms with Gasteiger partial charge in [-0.2, -0.15) is 0 Å². The van der Waals surface area contributed by atoms with Crippen LogP contribution in [0.5, 0.6) is 0 Å². The summed E-state index contributed by atoms with van der Waals surface area (Å²) in [7, 11) is 0. The Balaban J connectivity index is 2.90. The van der Waals surface area contributed by atoms with E-state index < -0.39 is 30.3 Å². The SMILES string of the molecule is O=C(O)CC(NC(=O)c1cc(Br)ccc1Cl)C(=O)O. The molecule has 8 heteroatoms. The van der Waals surface area contributed by atoms with Crippen LogP contribution in [-0.4, -0.2) is 34.1 Å². The Kier molecular flexibility index (Phi) is 5.31. The molecule has 1 aromatic carbocycles. The van der Waals surface area contributed by atoms with Crippen molar-refractivity contribution in [3.8, 4) is 0 Å². The third-order valence-electron chi connectivity index (χ3n) is 2.16. The maximum absolute atomic E-state index is 11.8. The summed E-state index contributed by atoms with van der Waals surface area (Å²) in [6.07, 6.45) is -0.716. The standard InChI is InChI=1S/C11H9BrClNO5/c12-5-1-2-7(13)6(3-5)10(17)14-8(11(18)19)4-9(15)16/h1-3,8H,4H2,(H,14,17)(H,15,16)(H,18,19). The zero-order valence-corrected chi connectivity index (χ0v) is 11.7. The minimum absolute atomic E-state index is 0.0627. The topological polar surface area (TPSA) is 104 Å². The molecule has 3 N–H and O–H groups in total. The van der Waals surface area contributed by atoms with E-state index in [2.05, 4.69) is 21.2 Å². The van der Waals surface area contributed by atoms with Crippen molar-refractivity contribution >= 4 is 45.4 Å². The van der Waals surface area contributed by atoms with E-state index in [1.807, 2.05) is 0 Å². The Labute approximate surface area is 121 Å². The van der Waals surface area contributed by atoms with E-state index in [0.717, 1.165) is 0 Å². The Hall–Kier alpha value is -1.60. The minimum Gasteiger partial charge on any atom is -0.481 e. The van der Waals surface area contributed by atoms with Gasteiger partial charge in [-0.05, 0) is 18.2 Å². The second kappa shape index (κ2) is 6.53. The molecule has 1 unspecified atom stereocenters. The molecule has 0 aliphatic rings. The van der Waals surface area contributed by atoms with Gasteiger partial charge in [0, 0.05) is 4.47 Å². The lowest BCUT2D eigenvalue weighted by Crippen LogP contribution is -2.42. The number of nitrogens with one attached hydrogen (secondary N) is 1. The van der Waals surface area contributed by atoms with Crippen LogP contribution >= 0.6 is 27.5 Å². The number of amides is 1. The summed E-state index contributed by atoms with van der Waals surface area (Å²) in [5.41, 5.74) is 0.0627. The second-order valence-corrected chi connectivity index (χ2v) is 4.91. The molecule has 1 amide bonds. The Morgan fingerprint density at radius 3 is 2.47 bits per heavy atom. The first kappa shape index (κ1) is 15.5. The van der Waals surface area contributed by atoms with E-state index in [-0.39, 0.29) is 10.6 Å². The highest BCUT2D eigenvalue weighted by Crippen LogP contribution is 2.21. The number of rotatable bonds is 5. The normalized spacial score (nSPS) is 11.7. The fourth-order valence-electron chi connectivity index (χ4n) is 1.28. The first-order valence-electron chi connectivity index (χ1n) is 5.01. The molecule has 19 heavy (non-hydrogen) atoms. The van der Waals surface area contributed by atoms with E-state index in [4.69, 9.17) is 21.8 Å². The van der Waals surface area contributed by atoms with E-state index in [1.165, 1.54) is 12.1 Å². The molecule has 1 rings (SSSR count). The number of halogens is 2. The van der Waals surface area contributed by atoms with Crippen molar-refractivity contribution in [1.29, 1.82) is 0 Å². The molecule has 0 aromatic heterocycles. The predicted molar refractivity (Wildman–Crippen MR) is 70.3 cm³/mol. The third kappa shape index (κ3) is 4.53. The second-order valence-electron chi connectivity index (χ2n) is 3.59. The van der Waals surface area contributed by atoms with Crippen molar-refractivity contribution in [3.63, 3.8) is 0 Å². The molecule has 0 heterocycles. The van der Waals surface area contributed by atoms with Gasteiger partial charge in [0.25, 0.3) is 5.91 Å². The molecule has 1 atom stereocenters. The molecule has 6 nitrogen and oxygen atoms in total. The van der Waals surface area contributed by atoms with Gasteiger partial charge < -0.3 is 15.5 Å². The van der Waals surface area contributed by atoms with Crippen molar-refractivity contribution < 1.29 is 24.6 Å². The lowest BCUT2D eigenvalue weighted by atomic mass is 10.1. The lowest BCUT2D eigenvalue weighted by molar-refractivity contribution is -0.145. The van der Waals surface area contributed by atoms with Crippen LogP contribution < -0.4 is 5.32 Å². The Morgan fingerprint density at radius 1 is 1.32 bits per heavy atom. The highest BCUT2D eigenvalue weighted by atomic mass is 79.9. The molecule has 0 spiro atoms. The predicted octanol–water partition coefficient (Wildman–Crippen LogP) is 1.76. The van der Waals surface area contributed by atoms with E-state index in [0.29, 0.717) is 4.47 Å². The maximum Gasteiger partial charge on any atom is 0.326 e. The summed E-state index contributed by atoms with van der Waals surface area (Å²) in [6.45, 7) is 0. The average Bonchev–Trinajstić information content (AvgIpc) is 2.30. The summed E-state index contributed by atoms with van der Waals surface area (Å²) >= 11 is 8.97. The summed E-state index contributed by atoms with van der Waals surface area (Å²) in [4.78, 5) is 33.2. The van der Waals surface area contributed by atoms with Gasteiger partial charge >= 0.3 is 11.9 Å². The number of hydrogen-bond acceptors (Lipinski definition) is 3. The zero-order chi connectivity index (χ0) is 14.6. The van der Waals surface area contributed by atoms with Crippen molar-refractivity contribution in [2.75, 3.05) is 0 Å². The van der Waals surface area contributed by atoms with Crippen molar-refractivity contribution in [1.82, 2.24) is 5.32 Å². The number of carboxylic acid groups (broad SMARTS) is 2. The monoisotopic (exact) mass is 349 g/mol. The van der Waals surface area contributed by atoms with Crippen molar-refractivity contribution in [3.05, 3.63) is 33.3 Å². The van der Waals surface area contributed by atoms with Crippen LogP contribution in [0.1, 0.15) is 16.8 Å². The number of carbonyl (C=O) groups is 3. The van der Waals surface area contributed by atoms with E-state index in [9.17, 15) is 14.4 Å². The van der Waals surface area contributed by atoms with Gasteiger partial charge in [0.1, 0.15) is 6.04 Å². The number of carboxylic acids is 2. The highest BCUT2D eigenvalue weighted by Gasteiger charge is 2.24. The fraction of sp³-hybridized carbons (Fsp3) is 0.182. The van der Waals surface area contributed by atoms with Crippen LogP contribution in [0, 0.1) is 0 Å². The van der Waals surface area contributed by atoms with Gasteiger partial charge in [-0.1, -0.05) is 27.5 Å². The minimum atomic E-state index is -1.51. The Bertz CT molecular complexity index is 534. The number of benzene rings is 1. The molecular formula is C11H9BrClNO5. The van der Waals surface area contributed by atoms with Gasteiger partial charge in [-0.3, -0.25) is 9.59 Å².